The number of fused-ring (bicyclic) bond motifs is 1. The Balaban J connectivity index is 2.17. The maximum Gasteiger partial charge on any atom is 0.265 e. The van der Waals surface area contributed by atoms with Gasteiger partial charge >= 0.3 is 0 Å². The first-order chi connectivity index (χ1) is 9.20. The number of ether oxygens (including phenoxy) is 1. The molecule has 3 rings (SSSR count). The molecule has 0 bridgehead atoms. The molecular weight excluding hydrogens is 264 g/mol. The summed E-state index contributed by atoms with van der Waals surface area (Å²) in [6, 6.07) is 6.99. The fourth-order valence-corrected chi connectivity index (χ4v) is 3.01. The molecule has 0 atom stereocenters. The summed E-state index contributed by atoms with van der Waals surface area (Å²) in [7, 11) is 1.58. The van der Waals surface area contributed by atoms with Crippen molar-refractivity contribution in [2.75, 3.05) is 12.9 Å². The molecule has 0 unspecified atom stereocenters. The Bertz CT molecular complexity index is 680. The van der Waals surface area contributed by atoms with Gasteiger partial charge in [-0.3, -0.25) is 9.36 Å². The fourth-order valence-electron chi connectivity index (χ4n) is 2.07. The average molecular weight is 276 g/mol. The van der Waals surface area contributed by atoms with Gasteiger partial charge in [0.15, 0.2) is 5.16 Å². The molecule has 1 N–H and O–H groups in total. The summed E-state index contributed by atoms with van der Waals surface area (Å²) in [4.78, 5) is 16.4. The lowest BCUT2D eigenvalue weighted by atomic mass is 10.1. The summed E-state index contributed by atoms with van der Waals surface area (Å²) >= 11 is 1.48. The molecule has 2 heterocycles. The molecule has 98 valence electrons. The highest BCUT2D eigenvalue weighted by atomic mass is 32.2. The van der Waals surface area contributed by atoms with Gasteiger partial charge in [0, 0.05) is 12.3 Å². The van der Waals surface area contributed by atoms with Crippen molar-refractivity contribution in [2.24, 2.45) is 0 Å². The second-order valence-corrected chi connectivity index (χ2v) is 5.19. The van der Waals surface area contributed by atoms with Gasteiger partial charge in [0.1, 0.15) is 11.3 Å². The van der Waals surface area contributed by atoms with E-state index in [1.54, 1.807) is 35.9 Å². The van der Waals surface area contributed by atoms with Crippen LogP contribution in [-0.2, 0) is 6.54 Å². The molecule has 1 aliphatic heterocycles. The first-order valence-corrected chi connectivity index (χ1v) is 6.80. The van der Waals surface area contributed by atoms with Gasteiger partial charge in [-0.2, -0.15) is 4.98 Å². The maximum atomic E-state index is 12.4. The Morgan fingerprint density at radius 1 is 1.37 bits per heavy atom. The summed E-state index contributed by atoms with van der Waals surface area (Å²) in [5.41, 5.74) is 0.689. The quantitative estimate of drug-likeness (QED) is 0.846. The predicted octanol–water partition coefficient (Wildman–Crippen LogP) is 1.73. The van der Waals surface area contributed by atoms with Gasteiger partial charge in [0.25, 0.3) is 5.56 Å². The van der Waals surface area contributed by atoms with Crippen LogP contribution in [0.3, 0.4) is 0 Å². The molecule has 0 amide bonds. The fraction of sp³-hybridized carbons (Fsp3) is 0.231. The van der Waals surface area contributed by atoms with Crippen LogP contribution in [0.4, 0.5) is 0 Å². The van der Waals surface area contributed by atoms with E-state index >= 15 is 0 Å². The lowest BCUT2D eigenvalue weighted by molar-refractivity contribution is 0.415. The summed E-state index contributed by atoms with van der Waals surface area (Å²) < 4.78 is 6.68. The number of hydrogen-bond acceptors (Lipinski definition) is 5. The molecule has 0 saturated heterocycles. The molecule has 1 aliphatic rings. The normalized spacial score (nSPS) is 13.3. The molecule has 0 radical (unpaired) electrons. The monoisotopic (exact) mass is 276 g/mol. The zero-order valence-electron chi connectivity index (χ0n) is 10.3. The number of nitrogens with zero attached hydrogens (tertiary/aromatic N) is 2. The van der Waals surface area contributed by atoms with Crippen LogP contribution in [0.5, 0.6) is 11.6 Å². The minimum Gasteiger partial charge on any atom is -0.497 e. The molecular formula is C13H12N2O3S. The van der Waals surface area contributed by atoms with Crippen LogP contribution in [0.1, 0.15) is 0 Å². The third-order valence-electron chi connectivity index (χ3n) is 3.04. The number of aromatic nitrogens is 2. The Morgan fingerprint density at radius 2 is 2.11 bits per heavy atom. The lowest BCUT2D eigenvalue weighted by Crippen LogP contribution is -2.22. The second kappa shape index (κ2) is 4.62. The van der Waals surface area contributed by atoms with Crippen molar-refractivity contribution in [3.05, 3.63) is 34.6 Å². The summed E-state index contributed by atoms with van der Waals surface area (Å²) in [6.45, 7) is 0.634. The molecule has 19 heavy (non-hydrogen) atoms. The van der Waals surface area contributed by atoms with Gasteiger partial charge in [-0.1, -0.05) is 23.9 Å². The SMILES string of the molecule is COc1ccc(-c2c(O)nc3n(c2=O)CCS3)cc1. The van der Waals surface area contributed by atoms with Gasteiger partial charge in [0.2, 0.25) is 5.88 Å². The van der Waals surface area contributed by atoms with Gasteiger partial charge in [-0.25, -0.2) is 0 Å². The van der Waals surface area contributed by atoms with Crippen LogP contribution in [-0.4, -0.2) is 27.5 Å². The zero-order chi connectivity index (χ0) is 13.4. The smallest absolute Gasteiger partial charge is 0.265 e. The minimum absolute atomic E-state index is 0.197. The second-order valence-electron chi connectivity index (χ2n) is 4.13. The highest BCUT2D eigenvalue weighted by Crippen LogP contribution is 2.30. The molecule has 0 aliphatic carbocycles. The summed E-state index contributed by atoms with van der Waals surface area (Å²) in [6.07, 6.45) is 0. The van der Waals surface area contributed by atoms with Crippen molar-refractivity contribution in [1.29, 1.82) is 0 Å². The standard InChI is InChI=1S/C13H12N2O3S/c1-18-9-4-2-8(3-5-9)10-11(16)14-13-15(12(10)17)6-7-19-13/h2-5,16H,6-7H2,1H3. The first-order valence-electron chi connectivity index (χ1n) is 5.81. The Kier molecular flexibility index (Phi) is 2.94. The van der Waals surface area contributed by atoms with Crippen LogP contribution in [0.15, 0.2) is 34.2 Å². The van der Waals surface area contributed by atoms with Gasteiger partial charge < -0.3 is 9.84 Å². The molecule has 5 nitrogen and oxygen atoms in total. The Hall–Kier alpha value is -1.95. The van der Waals surface area contributed by atoms with Crippen LogP contribution in [0.2, 0.25) is 0 Å². The van der Waals surface area contributed by atoms with Crippen LogP contribution in [0.25, 0.3) is 11.1 Å². The highest BCUT2D eigenvalue weighted by Gasteiger charge is 2.21. The molecule has 1 aromatic heterocycles. The predicted molar refractivity (Wildman–Crippen MR) is 72.9 cm³/mol. The Morgan fingerprint density at radius 3 is 2.79 bits per heavy atom. The first kappa shape index (κ1) is 12.1. The molecule has 0 spiro atoms. The van der Waals surface area contributed by atoms with E-state index in [0.717, 1.165) is 5.75 Å². The number of benzene rings is 1. The molecule has 6 heteroatoms. The van der Waals surface area contributed by atoms with Crippen molar-refractivity contribution >= 4 is 11.8 Å². The highest BCUT2D eigenvalue weighted by molar-refractivity contribution is 7.99. The maximum absolute atomic E-state index is 12.4. The van der Waals surface area contributed by atoms with Gasteiger partial charge in [-0.15, -0.1) is 0 Å². The molecule has 2 aromatic rings. The van der Waals surface area contributed by atoms with E-state index in [4.69, 9.17) is 4.74 Å². The summed E-state index contributed by atoms with van der Waals surface area (Å²) in [5.74, 6) is 1.30. The van der Waals surface area contributed by atoms with Crippen molar-refractivity contribution in [2.45, 2.75) is 11.7 Å². The largest absolute Gasteiger partial charge is 0.497 e. The van der Waals surface area contributed by atoms with E-state index < -0.39 is 0 Å². The van der Waals surface area contributed by atoms with Crippen LogP contribution >= 0.6 is 11.8 Å². The third kappa shape index (κ3) is 1.98. The number of methoxy groups -OCH3 is 1. The van der Waals surface area contributed by atoms with E-state index in [-0.39, 0.29) is 17.0 Å². The number of hydrogen-bond donors (Lipinski definition) is 1. The number of thioether (sulfide) groups is 1. The topological polar surface area (TPSA) is 64.3 Å². The van der Waals surface area contributed by atoms with E-state index in [0.29, 0.717) is 23.0 Å². The van der Waals surface area contributed by atoms with Gasteiger partial charge in [-0.05, 0) is 17.7 Å². The van der Waals surface area contributed by atoms with Crippen molar-refractivity contribution in [3.8, 4) is 22.8 Å². The zero-order valence-corrected chi connectivity index (χ0v) is 11.1. The van der Waals surface area contributed by atoms with E-state index in [9.17, 15) is 9.90 Å². The lowest BCUT2D eigenvalue weighted by Gasteiger charge is -2.08. The van der Waals surface area contributed by atoms with Gasteiger partial charge in [0.05, 0.1) is 7.11 Å². The Labute approximate surface area is 113 Å². The number of aromatic hydroxyl groups is 1. The third-order valence-corrected chi connectivity index (χ3v) is 4.00. The van der Waals surface area contributed by atoms with Crippen LogP contribution in [0, 0.1) is 0 Å². The van der Waals surface area contributed by atoms with Crippen LogP contribution < -0.4 is 10.3 Å². The van der Waals surface area contributed by atoms with E-state index in [2.05, 4.69) is 4.98 Å². The molecule has 0 saturated carbocycles. The van der Waals surface area contributed by atoms with E-state index in [1.165, 1.54) is 11.8 Å². The van der Waals surface area contributed by atoms with E-state index in [1.807, 2.05) is 0 Å². The molecule has 0 fully saturated rings. The van der Waals surface area contributed by atoms with Crippen molar-refractivity contribution < 1.29 is 9.84 Å². The minimum atomic E-state index is -0.212. The van der Waals surface area contributed by atoms with Crippen molar-refractivity contribution in [3.63, 3.8) is 0 Å². The van der Waals surface area contributed by atoms with Crippen molar-refractivity contribution in [1.82, 2.24) is 9.55 Å². The summed E-state index contributed by atoms with van der Waals surface area (Å²) in [5, 5.41) is 10.5. The number of rotatable bonds is 2. The molecule has 1 aromatic carbocycles. The average Bonchev–Trinajstić information content (AvgIpc) is 2.88.